The van der Waals surface area contributed by atoms with Crippen molar-refractivity contribution in [2.24, 2.45) is 5.41 Å². The topological polar surface area (TPSA) is 76.1 Å². The lowest BCUT2D eigenvalue weighted by Crippen LogP contribution is -2.70. The van der Waals surface area contributed by atoms with E-state index in [0.29, 0.717) is 12.6 Å². The van der Waals surface area contributed by atoms with Gasteiger partial charge in [-0.2, -0.15) is 13.2 Å². The third-order valence-electron chi connectivity index (χ3n) is 4.24. The first-order valence-electron chi connectivity index (χ1n) is 6.60. The maximum absolute atomic E-state index is 12.6. The van der Waals surface area contributed by atoms with Crippen LogP contribution in [0.2, 0.25) is 0 Å². The number of hydrogen-bond donors (Lipinski definition) is 1. The molecule has 0 aromatic carbocycles. The molecule has 5 nitrogen and oxygen atoms in total. The summed E-state index contributed by atoms with van der Waals surface area (Å²) < 4.78 is 63.0. The SMILES string of the molecule is Cc1nc(C(F)(F)F)ccc1S(=O)(=O)C1NCC12CC(=O)C2. The number of halogens is 3. The molecule has 1 spiro atoms. The fraction of sp³-hybridized carbons (Fsp3) is 0.538. The standard InChI is InChI=1S/C13H13F3N2O3S/c1-7-9(2-3-10(18-7)13(14,15)16)22(20,21)11-12(6-17-11)4-8(19)5-12/h2-3,11,17H,4-6H2,1H3. The maximum Gasteiger partial charge on any atom is 0.433 e. The molecule has 1 aliphatic carbocycles. The van der Waals surface area contributed by atoms with E-state index in [0.717, 1.165) is 6.07 Å². The van der Waals surface area contributed by atoms with Gasteiger partial charge in [-0.3, -0.25) is 10.1 Å². The lowest BCUT2D eigenvalue weighted by atomic mass is 9.63. The summed E-state index contributed by atoms with van der Waals surface area (Å²) in [5.41, 5.74) is -1.92. The highest BCUT2D eigenvalue weighted by atomic mass is 32.2. The van der Waals surface area contributed by atoms with Crippen LogP contribution in [0, 0.1) is 12.3 Å². The van der Waals surface area contributed by atoms with Crippen molar-refractivity contribution in [3.8, 4) is 0 Å². The Morgan fingerprint density at radius 2 is 1.95 bits per heavy atom. The largest absolute Gasteiger partial charge is 0.433 e. The second kappa shape index (κ2) is 4.51. The predicted octanol–water partition coefficient (Wildman–Crippen LogP) is 1.46. The molecule has 0 bridgehead atoms. The Kier molecular flexibility index (Phi) is 3.16. The van der Waals surface area contributed by atoms with Gasteiger partial charge >= 0.3 is 6.18 Å². The second-order valence-electron chi connectivity index (χ2n) is 5.84. The van der Waals surface area contributed by atoms with E-state index in [4.69, 9.17) is 0 Å². The number of ketones is 1. The van der Waals surface area contributed by atoms with Crippen LogP contribution < -0.4 is 5.32 Å². The first-order chi connectivity index (χ1) is 10.1. The molecule has 1 unspecified atom stereocenters. The van der Waals surface area contributed by atoms with E-state index in [9.17, 15) is 26.4 Å². The average Bonchev–Trinajstić information content (AvgIpc) is 2.31. The molecule has 22 heavy (non-hydrogen) atoms. The fourth-order valence-electron chi connectivity index (χ4n) is 3.09. The number of nitrogens with zero attached hydrogens (tertiary/aromatic N) is 1. The van der Waals surface area contributed by atoms with E-state index < -0.39 is 32.5 Å². The van der Waals surface area contributed by atoms with Gasteiger partial charge in [0.1, 0.15) is 16.9 Å². The number of carbonyl (C=O) groups excluding carboxylic acids is 1. The summed E-state index contributed by atoms with van der Waals surface area (Å²) >= 11 is 0. The van der Waals surface area contributed by atoms with E-state index in [1.165, 1.54) is 6.92 Å². The molecular weight excluding hydrogens is 321 g/mol. The van der Waals surface area contributed by atoms with Gasteiger partial charge in [-0.1, -0.05) is 0 Å². The number of rotatable bonds is 2. The van der Waals surface area contributed by atoms with Crippen molar-refractivity contribution in [2.45, 2.75) is 36.2 Å². The number of hydrogen-bond acceptors (Lipinski definition) is 5. The lowest BCUT2D eigenvalue weighted by molar-refractivity contribution is -0.141. The van der Waals surface area contributed by atoms with Crippen molar-refractivity contribution in [3.05, 3.63) is 23.5 Å². The van der Waals surface area contributed by atoms with Crippen molar-refractivity contribution in [2.75, 3.05) is 6.54 Å². The normalized spacial score (nSPS) is 24.0. The zero-order valence-electron chi connectivity index (χ0n) is 11.6. The van der Waals surface area contributed by atoms with Crippen molar-refractivity contribution in [3.63, 3.8) is 0 Å². The number of Topliss-reactive ketones (excluding diaryl/α,β-unsaturated/α-hetero) is 1. The molecule has 1 aliphatic heterocycles. The number of pyridine rings is 1. The Balaban J connectivity index is 1.95. The molecule has 0 amide bonds. The summed E-state index contributed by atoms with van der Waals surface area (Å²) in [4.78, 5) is 14.3. The highest BCUT2D eigenvalue weighted by Gasteiger charge is 2.60. The molecule has 120 valence electrons. The van der Waals surface area contributed by atoms with Crippen molar-refractivity contribution in [1.82, 2.24) is 10.3 Å². The molecule has 2 fully saturated rings. The Morgan fingerprint density at radius 1 is 1.32 bits per heavy atom. The summed E-state index contributed by atoms with van der Waals surface area (Å²) in [6, 6.07) is 1.60. The van der Waals surface area contributed by atoms with Crippen molar-refractivity contribution in [1.29, 1.82) is 0 Å². The molecule has 2 heterocycles. The highest BCUT2D eigenvalue weighted by Crippen LogP contribution is 2.49. The zero-order chi connectivity index (χ0) is 16.3. The molecule has 3 rings (SSSR count). The van der Waals surface area contributed by atoms with Gasteiger partial charge in [-0.05, 0) is 19.1 Å². The van der Waals surface area contributed by atoms with Crippen LogP contribution in [0.15, 0.2) is 17.0 Å². The van der Waals surface area contributed by atoms with Crippen LogP contribution in [0.25, 0.3) is 0 Å². The molecule has 1 atom stereocenters. The van der Waals surface area contributed by atoms with Gasteiger partial charge in [0.15, 0.2) is 9.84 Å². The minimum absolute atomic E-state index is 0.00367. The smallest absolute Gasteiger partial charge is 0.300 e. The zero-order valence-corrected chi connectivity index (χ0v) is 12.4. The Morgan fingerprint density at radius 3 is 2.36 bits per heavy atom. The molecule has 1 aromatic heterocycles. The molecule has 1 N–H and O–H groups in total. The summed E-state index contributed by atoms with van der Waals surface area (Å²) in [5.74, 6) is 0.00367. The monoisotopic (exact) mass is 334 g/mol. The summed E-state index contributed by atoms with van der Waals surface area (Å²) in [5, 5.41) is 1.84. The average molecular weight is 334 g/mol. The molecule has 1 aromatic rings. The van der Waals surface area contributed by atoms with Crippen molar-refractivity contribution >= 4 is 15.6 Å². The number of alkyl halides is 3. The molecule has 0 radical (unpaired) electrons. The van der Waals surface area contributed by atoms with Gasteiger partial charge in [0.25, 0.3) is 0 Å². The Hall–Kier alpha value is -1.48. The molecular formula is C13H13F3N2O3S. The summed E-state index contributed by atoms with van der Waals surface area (Å²) in [6.45, 7) is 1.66. The minimum atomic E-state index is -4.62. The number of sulfone groups is 1. The number of aromatic nitrogens is 1. The van der Waals surface area contributed by atoms with Crippen LogP contribution in [0.1, 0.15) is 24.2 Å². The minimum Gasteiger partial charge on any atom is -0.300 e. The van der Waals surface area contributed by atoms with E-state index in [-0.39, 0.29) is 29.2 Å². The van der Waals surface area contributed by atoms with Gasteiger partial charge in [-0.15, -0.1) is 0 Å². The number of nitrogens with one attached hydrogen (secondary N) is 1. The van der Waals surface area contributed by atoms with Gasteiger partial charge in [0, 0.05) is 24.8 Å². The maximum atomic E-state index is 12.6. The van der Waals surface area contributed by atoms with Gasteiger partial charge in [0.05, 0.1) is 10.6 Å². The molecule has 9 heteroatoms. The Labute approximate surface area is 124 Å². The van der Waals surface area contributed by atoms with Crippen LogP contribution in [-0.2, 0) is 20.8 Å². The van der Waals surface area contributed by atoms with Crippen LogP contribution in [-0.4, -0.2) is 31.1 Å². The van der Waals surface area contributed by atoms with Crippen LogP contribution in [0.3, 0.4) is 0 Å². The summed E-state index contributed by atoms with van der Waals surface area (Å²) in [7, 11) is -3.88. The number of carbonyl (C=O) groups is 1. The second-order valence-corrected chi connectivity index (χ2v) is 7.84. The van der Waals surface area contributed by atoms with Gasteiger partial charge in [-0.25, -0.2) is 13.4 Å². The van der Waals surface area contributed by atoms with Crippen LogP contribution in [0.5, 0.6) is 0 Å². The van der Waals surface area contributed by atoms with E-state index in [2.05, 4.69) is 10.3 Å². The molecule has 1 saturated heterocycles. The van der Waals surface area contributed by atoms with Crippen LogP contribution >= 0.6 is 0 Å². The molecule has 1 saturated carbocycles. The quantitative estimate of drug-likeness (QED) is 0.886. The van der Waals surface area contributed by atoms with Crippen molar-refractivity contribution < 1.29 is 26.4 Å². The third kappa shape index (κ3) is 2.14. The first kappa shape index (κ1) is 15.4. The first-order valence-corrected chi connectivity index (χ1v) is 8.15. The van der Waals surface area contributed by atoms with Crippen LogP contribution in [0.4, 0.5) is 13.2 Å². The van der Waals surface area contributed by atoms with Gasteiger partial charge < -0.3 is 0 Å². The van der Waals surface area contributed by atoms with E-state index in [1.54, 1.807) is 0 Å². The predicted molar refractivity (Wildman–Crippen MR) is 69.6 cm³/mol. The number of aryl methyl sites for hydroxylation is 1. The summed E-state index contributed by atoms with van der Waals surface area (Å²) in [6.07, 6.45) is -4.24. The highest BCUT2D eigenvalue weighted by molar-refractivity contribution is 7.92. The van der Waals surface area contributed by atoms with E-state index in [1.807, 2.05) is 0 Å². The third-order valence-corrected chi connectivity index (χ3v) is 6.57. The lowest BCUT2D eigenvalue weighted by Gasteiger charge is -2.54. The van der Waals surface area contributed by atoms with Gasteiger partial charge in [0.2, 0.25) is 0 Å². The molecule has 2 aliphatic rings. The Bertz CT molecular complexity index is 750. The van der Waals surface area contributed by atoms with E-state index >= 15 is 0 Å². The fourth-order valence-corrected chi connectivity index (χ4v) is 5.27.